The Bertz CT molecular complexity index is 825. The Morgan fingerprint density at radius 3 is 2.56 bits per heavy atom. The summed E-state index contributed by atoms with van der Waals surface area (Å²) in [6, 6.07) is 8.03. The molecule has 1 saturated heterocycles. The highest BCUT2D eigenvalue weighted by molar-refractivity contribution is 7.85. The summed E-state index contributed by atoms with van der Waals surface area (Å²) in [5.41, 5.74) is 1.99. The Morgan fingerprint density at radius 2 is 1.88 bits per heavy atom. The number of aromatic nitrogens is 1. The van der Waals surface area contributed by atoms with Gasteiger partial charge in [0.2, 0.25) is 0 Å². The fraction of sp³-hybridized carbons (Fsp3) is 0.438. The highest BCUT2D eigenvalue weighted by Gasteiger charge is 2.14. The molecule has 25 heavy (non-hydrogen) atoms. The van der Waals surface area contributed by atoms with E-state index in [9.17, 15) is 8.42 Å². The fourth-order valence-electron chi connectivity index (χ4n) is 2.77. The van der Waals surface area contributed by atoms with E-state index in [0.29, 0.717) is 18.1 Å². The first-order chi connectivity index (χ1) is 12.0. The van der Waals surface area contributed by atoms with Crippen molar-refractivity contribution in [2.24, 2.45) is 10.2 Å². The zero-order chi connectivity index (χ0) is 17.7. The van der Waals surface area contributed by atoms with Crippen LogP contribution in [0.25, 0.3) is 0 Å². The van der Waals surface area contributed by atoms with Crippen molar-refractivity contribution >= 4 is 38.0 Å². The molecule has 1 N–H and O–H groups in total. The van der Waals surface area contributed by atoms with Crippen LogP contribution in [0.2, 0.25) is 0 Å². The first-order valence-electron chi connectivity index (χ1n) is 8.20. The van der Waals surface area contributed by atoms with Gasteiger partial charge in [0.15, 0.2) is 0 Å². The molecule has 1 aromatic heterocycles. The molecule has 0 bridgehead atoms. The first-order valence-corrected chi connectivity index (χ1v) is 10.7. The van der Waals surface area contributed by atoms with Crippen LogP contribution in [-0.4, -0.2) is 31.8 Å². The maximum Gasteiger partial charge on any atom is 0.408 e. The first kappa shape index (κ1) is 18.0. The van der Waals surface area contributed by atoms with Gasteiger partial charge in [0, 0.05) is 30.6 Å². The number of nitrogens with zero attached hydrogens (tertiary/aromatic N) is 4. The lowest BCUT2D eigenvalue weighted by Gasteiger charge is -2.16. The standard InChI is InChI=1S/C16H20N4O3S2/c21-25(22,23)13-3-10-20-11-12-24-16(20)18-17-14-4-6-15(7-5-14)19-8-1-2-9-19/h4-7,11-12H,1-3,8-10,13H2/p+1. The number of hydrogen-bond acceptors (Lipinski definition) is 6. The zero-order valence-corrected chi connectivity index (χ0v) is 15.4. The normalized spacial score (nSPS) is 15.3. The van der Waals surface area contributed by atoms with Crippen LogP contribution in [0.4, 0.5) is 16.5 Å². The number of hydrogen-bond donors (Lipinski definition) is 1. The number of azo groups is 1. The number of thiazole rings is 1. The van der Waals surface area contributed by atoms with Crippen molar-refractivity contribution in [1.29, 1.82) is 0 Å². The maximum absolute atomic E-state index is 10.8. The SMILES string of the molecule is O=S(=O)(O)CCC[n+]1ccsc1N=Nc1ccc(N2CCCC2)cc1. The smallest absolute Gasteiger partial charge is 0.372 e. The monoisotopic (exact) mass is 381 g/mol. The quantitative estimate of drug-likeness (QED) is 0.453. The van der Waals surface area contributed by atoms with Gasteiger partial charge in [0.1, 0.15) is 11.9 Å². The van der Waals surface area contributed by atoms with Crippen LogP contribution in [0.15, 0.2) is 46.1 Å². The van der Waals surface area contributed by atoms with E-state index < -0.39 is 10.1 Å². The molecular weight excluding hydrogens is 360 g/mol. The molecule has 0 atom stereocenters. The highest BCUT2D eigenvalue weighted by atomic mass is 32.2. The molecule has 1 aliphatic heterocycles. The minimum Gasteiger partial charge on any atom is -0.372 e. The van der Waals surface area contributed by atoms with Crippen molar-refractivity contribution < 1.29 is 17.5 Å². The summed E-state index contributed by atoms with van der Waals surface area (Å²) >= 11 is 1.43. The molecule has 1 aromatic carbocycles. The molecule has 0 amide bonds. The third kappa shape index (κ3) is 5.32. The average molecular weight is 382 g/mol. The highest BCUT2D eigenvalue weighted by Crippen LogP contribution is 2.24. The average Bonchev–Trinajstić information content (AvgIpc) is 3.24. The van der Waals surface area contributed by atoms with Crippen molar-refractivity contribution in [3.8, 4) is 0 Å². The summed E-state index contributed by atoms with van der Waals surface area (Å²) in [6.45, 7) is 2.69. The van der Waals surface area contributed by atoms with Gasteiger partial charge >= 0.3 is 5.13 Å². The second-order valence-corrected chi connectivity index (χ2v) is 8.37. The molecule has 1 aliphatic rings. The Kier molecular flexibility index (Phi) is 5.77. The Morgan fingerprint density at radius 1 is 1.16 bits per heavy atom. The van der Waals surface area contributed by atoms with Gasteiger partial charge in [-0.05, 0) is 53.6 Å². The van der Waals surface area contributed by atoms with Gasteiger partial charge in [-0.1, -0.05) is 0 Å². The van der Waals surface area contributed by atoms with Gasteiger partial charge in [-0.15, -0.1) is 0 Å². The lowest BCUT2D eigenvalue weighted by molar-refractivity contribution is -0.680. The summed E-state index contributed by atoms with van der Waals surface area (Å²) in [6.07, 6.45) is 4.65. The number of anilines is 1. The molecule has 0 saturated carbocycles. The molecule has 0 spiro atoms. The fourth-order valence-corrected chi connectivity index (χ4v) is 3.97. The molecule has 0 aliphatic carbocycles. The topological polar surface area (TPSA) is 86.2 Å². The largest absolute Gasteiger partial charge is 0.408 e. The number of aryl methyl sites for hydroxylation is 1. The summed E-state index contributed by atoms with van der Waals surface area (Å²) in [5, 5.41) is 11.1. The third-order valence-electron chi connectivity index (χ3n) is 4.03. The number of rotatable bonds is 7. The van der Waals surface area contributed by atoms with Gasteiger partial charge in [0.05, 0.1) is 17.4 Å². The van der Waals surface area contributed by atoms with E-state index in [1.807, 2.05) is 28.3 Å². The van der Waals surface area contributed by atoms with Gasteiger partial charge in [-0.2, -0.15) is 8.42 Å². The second-order valence-electron chi connectivity index (χ2n) is 5.93. The van der Waals surface area contributed by atoms with Crippen molar-refractivity contribution in [2.45, 2.75) is 25.8 Å². The van der Waals surface area contributed by atoms with Crippen LogP contribution in [0.1, 0.15) is 19.3 Å². The van der Waals surface area contributed by atoms with Gasteiger partial charge in [0.25, 0.3) is 10.1 Å². The molecule has 0 radical (unpaired) electrons. The molecular formula is C16H21N4O3S2+. The molecule has 9 heteroatoms. The van der Waals surface area contributed by atoms with E-state index in [-0.39, 0.29) is 5.75 Å². The van der Waals surface area contributed by atoms with Crippen molar-refractivity contribution in [3.05, 3.63) is 35.8 Å². The summed E-state index contributed by atoms with van der Waals surface area (Å²) < 4.78 is 32.2. The zero-order valence-electron chi connectivity index (χ0n) is 13.8. The van der Waals surface area contributed by atoms with E-state index in [2.05, 4.69) is 27.3 Å². The summed E-state index contributed by atoms with van der Waals surface area (Å²) in [7, 11) is -3.92. The molecule has 2 aromatic rings. The molecule has 3 rings (SSSR count). The predicted octanol–water partition coefficient (Wildman–Crippen LogP) is 3.33. The van der Waals surface area contributed by atoms with Crippen LogP contribution in [0, 0.1) is 0 Å². The molecule has 7 nitrogen and oxygen atoms in total. The van der Waals surface area contributed by atoms with Crippen LogP contribution >= 0.6 is 11.3 Å². The summed E-state index contributed by atoms with van der Waals surface area (Å²) in [4.78, 5) is 2.36. The Hall–Kier alpha value is -1.84. The van der Waals surface area contributed by atoms with Crippen LogP contribution in [0.5, 0.6) is 0 Å². The van der Waals surface area contributed by atoms with E-state index in [0.717, 1.165) is 18.8 Å². The lowest BCUT2D eigenvalue weighted by Crippen LogP contribution is -2.31. The lowest BCUT2D eigenvalue weighted by atomic mass is 10.2. The van der Waals surface area contributed by atoms with Crippen LogP contribution < -0.4 is 9.47 Å². The van der Waals surface area contributed by atoms with Crippen molar-refractivity contribution in [1.82, 2.24) is 0 Å². The molecule has 134 valence electrons. The Labute approximate surface area is 151 Å². The van der Waals surface area contributed by atoms with Gasteiger partial charge < -0.3 is 4.90 Å². The molecule has 0 unspecified atom stereocenters. The third-order valence-corrected chi connectivity index (χ3v) is 5.62. The van der Waals surface area contributed by atoms with E-state index in [1.54, 1.807) is 0 Å². The summed E-state index contributed by atoms with van der Waals surface area (Å²) in [5.74, 6) is -0.260. The number of benzene rings is 1. The van der Waals surface area contributed by atoms with Crippen LogP contribution in [-0.2, 0) is 16.7 Å². The van der Waals surface area contributed by atoms with E-state index in [4.69, 9.17) is 4.55 Å². The maximum atomic E-state index is 10.8. The predicted molar refractivity (Wildman–Crippen MR) is 97.6 cm³/mol. The van der Waals surface area contributed by atoms with Gasteiger partial charge in [-0.25, -0.2) is 4.57 Å². The molecule has 2 heterocycles. The second kappa shape index (κ2) is 8.03. The van der Waals surface area contributed by atoms with E-state index >= 15 is 0 Å². The van der Waals surface area contributed by atoms with Crippen molar-refractivity contribution in [3.63, 3.8) is 0 Å². The minimum absolute atomic E-state index is 0.260. The van der Waals surface area contributed by atoms with Crippen LogP contribution in [0.3, 0.4) is 0 Å². The minimum atomic E-state index is -3.92. The molecule has 1 fully saturated rings. The van der Waals surface area contributed by atoms with E-state index in [1.165, 1.54) is 29.9 Å². The Balaban J connectivity index is 1.61. The van der Waals surface area contributed by atoms with Crippen molar-refractivity contribution in [2.75, 3.05) is 23.7 Å². The van der Waals surface area contributed by atoms with Gasteiger partial charge in [-0.3, -0.25) is 4.55 Å².